The molecule has 3 rings (SSSR count). The van der Waals surface area contributed by atoms with Gasteiger partial charge in [0.25, 0.3) is 0 Å². The van der Waals surface area contributed by atoms with Gasteiger partial charge in [-0.25, -0.2) is 8.42 Å². The highest BCUT2D eigenvalue weighted by Gasteiger charge is 2.32. The molecule has 0 aliphatic carbocycles. The summed E-state index contributed by atoms with van der Waals surface area (Å²) in [4.78, 5) is 16.8. The van der Waals surface area contributed by atoms with Gasteiger partial charge >= 0.3 is 0 Å². The van der Waals surface area contributed by atoms with Crippen LogP contribution in [0, 0.1) is 6.92 Å². The zero-order chi connectivity index (χ0) is 18.7. The van der Waals surface area contributed by atoms with E-state index in [4.69, 9.17) is 5.73 Å². The average Bonchev–Trinajstić information content (AvgIpc) is 3.11. The predicted octanol–water partition coefficient (Wildman–Crippen LogP) is 0.251. The van der Waals surface area contributed by atoms with Crippen LogP contribution in [0.4, 0.5) is 0 Å². The van der Waals surface area contributed by atoms with E-state index in [1.807, 2.05) is 28.9 Å². The van der Waals surface area contributed by atoms with Crippen molar-refractivity contribution >= 4 is 15.9 Å². The van der Waals surface area contributed by atoms with Crippen LogP contribution in [0.2, 0.25) is 0 Å². The molecule has 2 heterocycles. The second kappa shape index (κ2) is 8.04. The summed E-state index contributed by atoms with van der Waals surface area (Å²) in [6.45, 7) is 5.51. The molecular formula is C18H28N4O3S. The maximum Gasteiger partial charge on any atom is 0.243 e. The number of carbonyl (C=O) groups is 1. The van der Waals surface area contributed by atoms with Gasteiger partial charge in [0.15, 0.2) is 0 Å². The fourth-order valence-electron chi connectivity index (χ4n) is 3.68. The molecule has 1 amide bonds. The van der Waals surface area contributed by atoms with Gasteiger partial charge < -0.3 is 10.6 Å². The van der Waals surface area contributed by atoms with Gasteiger partial charge in [-0.1, -0.05) is 17.7 Å². The number of likely N-dealkylation sites (tertiary alicyclic amines) is 1. The molecule has 1 aromatic carbocycles. The van der Waals surface area contributed by atoms with Crippen molar-refractivity contribution in [3.05, 3.63) is 29.8 Å². The minimum absolute atomic E-state index is 0.104. The second-order valence-corrected chi connectivity index (χ2v) is 9.05. The van der Waals surface area contributed by atoms with Crippen LogP contribution in [-0.2, 0) is 14.8 Å². The van der Waals surface area contributed by atoms with E-state index in [9.17, 15) is 13.2 Å². The van der Waals surface area contributed by atoms with Crippen molar-refractivity contribution in [1.29, 1.82) is 0 Å². The molecule has 2 fully saturated rings. The molecule has 2 aliphatic heterocycles. The fraction of sp³-hybridized carbons (Fsp3) is 0.611. The van der Waals surface area contributed by atoms with Crippen molar-refractivity contribution < 1.29 is 13.2 Å². The summed E-state index contributed by atoms with van der Waals surface area (Å²) in [5.41, 5.74) is 6.78. The Kier molecular flexibility index (Phi) is 5.96. The summed E-state index contributed by atoms with van der Waals surface area (Å²) in [6, 6.07) is 7.09. The number of hydrogen-bond acceptors (Lipinski definition) is 5. The molecule has 8 heteroatoms. The van der Waals surface area contributed by atoms with Crippen LogP contribution in [0.25, 0.3) is 0 Å². The monoisotopic (exact) mass is 380 g/mol. The minimum atomic E-state index is -3.46. The molecule has 144 valence electrons. The zero-order valence-corrected chi connectivity index (χ0v) is 16.1. The van der Waals surface area contributed by atoms with Crippen LogP contribution < -0.4 is 5.73 Å². The molecule has 1 aromatic rings. The molecule has 1 unspecified atom stereocenters. The van der Waals surface area contributed by atoms with E-state index in [-0.39, 0.29) is 11.9 Å². The molecule has 7 nitrogen and oxygen atoms in total. The Balaban J connectivity index is 1.55. The fourth-order valence-corrected chi connectivity index (χ4v) is 5.10. The Morgan fingerprint density at radius 1 is 1.12 bits per heavy atom. The summed E-state index contributed by atoms with van der Waals surface area (Å²) < 4.78 is 27.0. The minimum Gasteiger partial charge on any atom is -0.337 e. The van der Waals surface area contributed by atoms with E-state index in [1.54, 1.807) is 12.1 Å². The number of carbonyl (C=O) groups excluding carboxylic acids is 1. The number of benzene rings is 1. The third-order valence-electron chi connectivity index (χ3n) is 5.32. The molecule has 2 aliphatic rings. The van der Waals surface area contributed by atoms with Crippen molar-refractivity contribution in [2.24, 2.45) is 5.73 Å². The smallest absolute Gasteiger partial charge is 0.243 e. The summed E-state index contributed by atoms with van der Waals surface area (Å²) >= 11 is 0. The van der Waals surface area contributed by atoms with E-state index in [0.717, 1.165) is 24.9 Å². The molecule has 1 atom stereocenters. The van der Waals surface area contributed by atoms with Crippen molar-refractivity contribution in [2.45, 2.75) is 30.7 Å². The lowest BCUT2D eigenvalue weighted by Crippen LogP contribution is -2.52. The van der Waals surface area contributed by atoms with Gasteiger partial charge in [-0.2, -0.15) is 4.31 Å². The van der Waals surface area contributed by atoms with Gasteiger partial charge in [-0.3, -0.25) is 9.69 Å². The zero-order valence-electron chi connectivity index (χ0n) is 15.3. The van der Waals surface area contributed by atoms with Gasteiger partial charge in [-0.15, -0.1) is 0 Å². The van der Waals surface area contributed by atoms with E-state index < -0.39 is 10.0 Å². The molecule has 0 bridgehead atoms. The maximum absolute atomic E-state index is 12.7. The largest absolute Gasteiger partial charge is 0.337 e. The van der Waals surface area contributed by atoms with Crippen molar-refractivity contribution in [2.75, 3.05) is 45.8 Å². The lowest BCUT2D eigenvalue weighted by atomic mass is 10.2. The maximum atomic E-state index is 12.7. The molecule has 26 heavy (non-hydrogen) atoms. The molecule has 0 radical (unpaired) electrons. The highest BCUT2D eigenvalue weighted by molar-refractivity contribution is 7.89. The van der Waals surface area contributed by atoms with E-state index in [2.05, 4.69) is 0 Å². The lowest BCUT2D eigenvalue weighted by molar-refractivity contribution is -0.133. The Bertz CT molecular complexity index is 727. The van der Waals surface area contributed by atoms with Crippen LogP contribution in [0.1, 0.15) is 18.4 Å². The number of nitrogens with zero attached hydrogens (tertiary/aromatic N) is 3. The number of amides is 1. The first-order chi connectivity index (χ1) is 12.4. The van der Waals surface area contributed by atoms with Crippen LogP contribution in [0.5, 0.6) is 0 Å². The molecule has 2 N–H and O–H groups in total. The van der Waals surface area contributed by atoms with E-state index in [0.29, 0.717) is 44.2 Å². The van der Waals surface area contributed by atoms with Crippen LogP contribution in [0.15, 0.2) is 29.2 Å². The normalized spacial score (nSPS) is 22.7. The molecule has 0 saturated carbocycles. The van der Waals surface area contributed by atoms with Crippen LogP contribution >= 0.6 is 0 Å². The molecule has 0 aromatic heterocycles. The Labute approximate surface area is 155 Å². The predicted molar refractivity (Wildman–Crippen MR) is 100 cm³/mol. The number of hydrogen-bond donors (Lipinski definition) is 1. The van der Waals surface area contributed by atoms with Crippen LogP contribution in [0.3, 0.4) is 0 Å². The second-order valence-electron chi connectivity index (χ2n) is 7.11. The number of piperazine rings is 1. The van der Waals surface area contributed by atoms with Crippen LogP contribution in [-0.4, -0.2) is 80.3 Å². The van der Waals surface area contributed by atoms with Gasteiger partial charge in [0, 0.05) is 45.3 Å². The van der Waals surface area contributed by atoms with E-state index >= 15 is 0 Å². The lowest BCUT2D eigenvalue weighted by Gasteiger charge is -2.35. The van der Waals surface area contributed by atoms with Gasteiger partial charge in [0.1, 0.15) is 0 Å². The Hall–Kier alpha value is -1.48. The summed E-state index contributed by atoms with van der Waals surface area (Å²) in [5, 5.41) is 0. The van der Waals surface area contributed by atoms with Crippen molar-refractivity contribution in [3.8, 4) is 0 Å². The summed E-state index contributed by atoms with van der Waals surface area (Å²) in [5.74, 6) is 0.104. The number of sulfonamides is 1. The number of aryl methyl sites for hydroxylation is 1. The summed E-state index contributed by atoms with van der Waals surface area (Å²) in [6.07, 6.45) is 1.99. The highest BCUT2D eigenvalue weighted by Crippen LogP contribution is 2.19. The van der Waals surface area contributed by atoms with Gasteiger partial charge in [0.2, 0.25) is 15.9 Å². The van der Waals surface area contributed by atoms with Crippen molar-refractivity contribution in [3.63, 3.8) is 0 Å². The van der Waals surface area contributed by atoms with Gasteiger partial charge in [-0.05, 0) is 31.9 Å². The van der Waals surface area contributed by atoms with E-state index in [1.165, 1.54) is 4.31 Å². The third kappa shape index (κ3) is 4.09. The third-order valence-corrected chi connectivity index (χ3v) is 7.23. The molecule has 2 saturated heterocycles. The SMILES string of the molecule is Cc1ccc(S(=O)(=O)N2CCN(CC(=O)N3CCCC3CN)CC2)cc1. The van der Waals surface area contributed by atoms with Crippen molar-refractivity contribution in [1.82, 2.24) is 14.1 Å². The average molecular weight is 381 g/mol. The number of rotatable bonds is 5. The first kappa shape index (κ1) is 19.3. The first-order valence-electron chi connectivity index (χ1n) is 9.20. The topological polar surface area (TPSA) is 87.0 Å². The first-order valence-corrected chi connectivity index (χ1v) is 10.6. The standard InChI is InChI=1S/C18H28N4O3S/c1-15-4-6-17(7-5-15)26(24,25)21-11-9-20(10-12-21)14-18(23)22-8-2-3-16(22)13-19/h4-7,16H,2-3,8-14,19H2,1H3. The summed E-state index contributed by atoms with van der Waals surface area (Å²) in [7, 11) is -3.46. The number of nitrogens with two attached hydrogens (primary N) is 1. The highest BCUT2D eigenvalue weighted by atomic mass is 32.2. The molecule has 0 spiro atoms. The Morgan fingerprint density at radius 2 is 1.77 bits per heavy atom. The molecular weight excluding hydrogens is 352 g/mol. The Morgan fingerprint density at radius 3 is 2.38 bits per heavy atom. The van der Waals surface area contributed by atoms with Gasteiger partial charge in [0.05, 0.1) is 11.4 Å². The quantitative estimate of drug-likeness (QED) is 0.791.